The second-order valence-corrected chi connectivity index (χ2v) is 17.6. The van der Waals surface area contributed by atoms with Crippen molar-refractivity contribution in [3.05, 3.63) is 86.5 Å². The maximum absolute atomic E-state index is 13.3. The molecule has 3 aromatic carbocycles. The smallest absolute Gasteiger partial charge is 0.123 e. The predicted octanol–water partition coefficient (Wildman–Crippen LogP) is 10.3. The van der Waals surface area contributed by atoms with Gasteiger partial charge in [0, 0.05) is 33.1 Å². The Morgan fingerprint density at radius 1 is 0.500 bits per heavy atom. The van der Waals surface area contributed by atoms with Gasteiger partial charge in [-0.25, -0.2) is 0 Å². The normalized spacial score (nSPS) is 37.4. The number of fused-ring (bicyclic) bond motifs is 10. The van der Waals surface area contributed by atoms with Gasteiger partial charge in [-0.3, -0.25) is 0 Å². The average molecular weight is 645 g/mol. The first kappa shape index (κ1) is 31.1. The second-order valence-electron chi connectivity index (χ2n) is 17.6. The molecular formula is C45H56O3. The number of rotatable bonds is 6. The van der Waals surface area contributed by atoms with Gasteiger partial charge in [0.15, 0.2) is 0 Å². The van der Waals surface area contributed by atoms with Crippen molar-refractivity contribution in [2.24, 2.45) is 47.3 Å². The summed E-state index contributed by atoms with van der Waals surface area (Å²) >= 11 is 0. The number of phenols is 3. The summed E-state index contributed by atoms with van der Waals surface area (Å²) in [5, 5.41) is 37.6. The topological polar surface area (TPSA) is 60.7 Å². The zero-order valence-corrected chi connectivity index (χ0v) is 29.9. The molecule has 0 saturated heterocycles. The van der Waals surface area contributed by atoms with Gasteiger partial charge in [-0.15, -0.1) is 0 Å². The van der Waals surface area contributed by atoms with E-state index in [-0.39, 0.29) is 0 Å². The number of hydrogen-bond acceptors (Lipinski definition) is 3. The fourth-order valence-electron chi connectivity index (χ4n) is 14.2. The van der Waals surface area contributed by atoms with Crippen molar-refractivity contribution in [2.75, 3.05) is 0 Å². The van der Waals surface area contributed by atoms with Gasteiger partial charge in [-0.2, -0.15) is 0 Å². The maximum atomic E-state index is 13.3. The van der Waals surface area contributed by atoms with E-state index in [2.05, 4.69) is 71.0 Å². The molecule has 6 aliphatic carbocycles. The molecule has 3 nitrogen and oxygen atoms in total. The number of aryl methyl sites for hydroxylation is 5. The summed E-state index contributed by atoms with van der Waals surface area (Å²) in [6, 6.07) is 13.5. The Bertz CT molecular complexity index is 1680. The molecule has 0 heterocycles. The lowest BCUT2D eigenvalue weighted by Gasteiger charge is -2.45. The van der Waals surface area contributed by atoms with Crippen LogP contribution in [-0.4, -0.2) is 15.3 Å². The molecule has 6 saturated carbocycles. The van der Waals surface area contributed by atoms with Crippen molar-refractivity contribution in [2.45, 2.75) is 122 Å². The molecule has 0 amide bonds. The number of aromatic hydroxyl groups is 3. The maximum Gasteiger partial charge on any atom is 0.123 e. The number of benzene rings is 3. The zero-order chi connectivity index (χ0) is 33.3. The van der Waals surface area contributed by atoms with E-state index < -0.39 is 10.8 Å². The summed E-state index contributed by atoms with van der Waals surface area (Å²) in [5.74, 6) is 6.39. The molecule has 254 valence electrons. The van der Waals surface area contributed by atoms with Crippen LogP contribution < -0.4 is 0 Å². The van der Waals surface area contributed by atoms with E-state index in [4.69, 9.17) is 0 Å². The van der Waals surface area contributed by atoms with Crippen LogP contribution in [0.1, 0.15) is 128 Å². The summed E-state index contributed by atoms with van der Waals surface area (Å²) in [4.78, 5) is 0. The number of phenolic OH excluding ortho intramolecular Hbond substituents is 3. The van der Waals surface area contributed by atoms with Gasteiger partial charge >= 0.3 is 0 Å². The monoisotopic (exact) mass is 644 g/mol. The minimum Gasteiger partial charge on any atom is -0.507 e. The highest BCUT2D eigenvalue weighted by Crippen LogP contribution is 2.72. The van der Waals surface area contributed by atoms with Gasteiger partial charge in [-0.1, -0.05) is 66.9 Å². The Hall–Kier alpha value is -2.94. The summed E-state index contributed by atoms with van der Waals surface area (Å²) < 4.78 is 0. The summed E-state index contributed by atoms with van der Waals surface area (Å²) in [5.41, 5.74) is 9.06. The van der Waals surface area contributed by atoms with E-state index in [9.17, 15) is 15.3 Å². The molecule has 6 fully saturated rings. The highest BCUT2D eigenvalue weighted by atomic mass is 16.3. The molecule has 0 aromatic heterocycles. The molecule has 0 radical (unpaired) electrons. The standard InChI is InChI=1S/C45H56O3/c1-6-27-16-24(3)18-35(41(27)46)44(14-12-33-29-8-10-31(22-29)39(33)44)37-20-26(5)21-38(43(37)48)45(36-19-25(4)17-28(7-2)42(36)47)15-13-34-30-9-11-32(23-30)40(34)45/h16-21,29-34,39-40,46-48H,6-15,22-23H2,1-5H3. The van der Waals surface area contributed by atoms with E-state index in [1.807, 2.05) is 0 Å². The first-order valence-electron chi connectivity index (χ1n) is 19.6. The lowest BCUT2D eigenvalue weighted by molar-refractivity contribution is 0.193. The molecule has 3 heteroatoms. The molecule has 0 spiro atoms. The second kappa shape index (κ2) is 10.8. The van der Waals surface area contributed by atoms with E-state index in [1.54, 1.807) is 0 Å². The van der Waals surface area contributed by atoms with Crippen LogP contribution in [-0.2, 0) is 23.7 Å². The largest absolute Gasteiger partial charge is 0.507 e. The summed E-state index contributed by atoms with van der Waals surface area (Å²) in [7, 11) is 0. The minimum absolute atomic E-state index is 0.424. The van der Waals surface area contributed by atoms with Crippen LogP contribution >= 0.6 is 0 Å². The molecule has 3 N–H and O–H groups in total. The molecule has 6 aliphatic rings. The van der Waals surface area contributed by atoms with Crippen molar-refractivity contribution in [1.82, 2.24) is 0 Å². The molecule has 48 heavy (non-hydrogen) atoms. The van der Waals surface area contributed by atoms with Crippen LogP contribution in [0.15, 0.2) is 36.4 Å². The molecule has 0 aliphatic heterocycles. The van der Waals surface area contributed by atoms with Crippen LogP contribution in [0.5, 0.6) is 17.2 Å². The van der Waals surface area contributed by atoms with Crippen LogP contribution in [0.25, 0.3) is 0 Å². The third kappa shape index (κ3) is 3.94. The van der Waals surface area contributed by atoms with Crippen molar-refractivity contribution in [3.8, 4) is 17.2 Å². The average Bonchev–Trinajstić information content (AvgIpc) is 3.92. The van der Waals surface area contributed by atoms with E-state index in [0.717, 1.165) is 70.9 Å². The third-order valence-electron chi connectivity index (χ3n) is 15.7. The van der Waals surface area contributed by atoms with Crippen molar-refractivity contribution >= 4 is 0 Å². The molecule has 10 atom stereocenters. The van der Waals surface area contributed by atoms with E-state index >= 15 is 0 Å². The predicted molar refractivity (Wildman–Crippen MR) is 193 cm³/mol. The summed E-state index contributed by atoms with van der Waals surface area (Å²) in [6.07, 6.45) is 13.7. The SMILES string of the molecule is CCc1cc(C)cc(C2(c3cc(C)cc(C4(c5cc(C)cc(CC)c5O)CCC5C6CCC(C6)C54)c3O)CCC3C4CCC(C4)C32)c1O. The van der Waals surface area contributed by atoms with E-state index in [1.165, 1.54) is 68.1 Å². The fourth-order valence-corrected chi connectivity index (χ4v) is 14.2. The zero-order valence-electron chi connectivity index (χ0n) is 29.9. The fraction of sp³-hybridized carbons (Fsp3) is 0.600. The summed E-state index contributed by atoms with van der Waals surface area (Å²) in [6.45, 7) is 10.9. The van der Waals surface area contributed by atoms with Crippen molar-refractivity contribution in [3.63, 3.8) is 0 Å². The highest BCUT2D eigenvalue weighted by Gasteiger charge is 2.65. The van der Waals surface area contributed by atoms with Gasteiger partial charge in [-0.05, 0) is 156 Å². The Balaban J connectivity index is 1.34. The van der Waals surface area contributed by atoms with Gasteiger partial charge in [0.2, 0.25) is 0 Å². The highest BCUT2D eigenvalue weighted by molar-refractivity contribution is 5.64. The first-order chi connectivity index (χ1) is 23.1. The van der Waals surface area contributed by atoms with Crippen molar-refractivity contribution in [1.29, 1.82) is 0 Å². The Morgan fingerprint density at radius 2 is 0.854 bits per heavy atom. The first-order valence-corrected chi connectivity index (χ1v) is 19.6. The molecule has 3 aromatic rings. The van der Waals surface area contributed by atoms with Gasteiger partial charge in [0.05, 0.1) is 0 Å². The number of hydrogen-bond donors (Lipinski definition) is 3. The molecule has 4 bridgehead atoms. The Kier molecular flexibility index (Phi) is 6.98. The van der Waals surface area contributed by atoms with Crippen LogP contribution in [0.3, 0.4) is 0 Å². The molecule has 10 unspecified atom stereocenters. The Labute approximate surface area is 288 Å². The van der Waals surface area contributed by atoms with Crippen LogP contribution in [0.4, 0.5) is 0 Å². The van der Waals surface area contributed by atoms with Crippen LogP contribution in [0, 0.1) is 68.1 Å². The van der Waals surface area contributed by atoms with Gasteiger partial charge < -0.3 is 15.3 Å². The minimum atomic E-state index is -0.424. The lowest BCUT2D eigenvalue weighted by Crippen LogP contribution is -2.40. The molecular weight excluding hydrogens is 588 g/mol. The third-order valence-corrected chi connectivity index (χ3v) is 15.7. The van der Waals surface area contributed by atoms with Crippen molar-refractivity contribution < 1.29 is 15.3 Å². The quantitative estimate of drug-likeness (QED) is 0.250. The van der Waals surface area contributed by atoms with Gasteiger partial charge in [0.1, 0.15) is 17.2 Å². The van der Waals surface area contributed by atoms with Gasteiger partial charge in [0.25, 0.3) is 0 Å². The lowest BCUT2D eigenvalue weighted by atomic mass is 9.58. The molecule has 9 rings (SSSR count). The van der Waals surface area contributed by atoms with E-state index in [0.29, 0.717) is 52.8 Å². The Morgan fingerprint density at radius 3 is 1.25 bits per heavy atom. The van der Waals surface area contributed by atoms with Crippen LogP contribution in [0.2, 0.25) is 0 Å².